The van der Waals surface area contributed by atoms with Gasteiger partial charge in [0.25, 0.3) is 0 Å². The molecule has 6 heteroatoms. The number of rotatable bonds is 8. The number of hydrogen-bond acceptors (Lipinski definition) is 5. The standard InChI is InChI=1S/C19H20FN3O2/c1-2-23(12-15-6-4-3-5-7-15)13-19-21-18(22-25-19)14-24-17-10-8-16(20)9-11-17/h3-11H,2,12-14H2,1H3. The second-order valence-electron chi connectivity index (χ2n) is 5.64. The van der Waals surface area contributed by atoms with Crippen LogP contribution in [0.5, 0.6) is 5.75 Å². The zero-order valence-electron chi connectivity index (χ0n) is 14.1. The van der Waals surface area contributed by atoms with Crippen LogP contribution in [0.3, 0.4) is 0 Å². The number of hydrogen-bond donors (Lipinski definition) is 0. The molecule has 130 valence electrons. The highest BCUT2D eigenvalue weighted by Gasteiger charge is 2.12. The Labute approximate surface area is 146 Å². The summed E-state index contributed by atoms with van der Waals surface area (Å²) in [5.74, 6) is 1.28. The molecule has 0 amide bonds. The van der Waals surface area contributed by atoms with Crippen molar-refractivity contribution in [3.63, 3.8) is 0 Å². The minimum Gasteiger partial charge on any atom is -0.485 e. The van der Waals surface area contributed by atoms with Crippen LogP contribution in [0.4, 0.5) is 4.39 Å². The molecular formula is C19H20FN3O2. The number of aromatic nitrogens is 2. The van der Waals surface area contributed by atoms with Crippen LogP contribution in [0, 0.1) is 5.82 Å². The van der Waals surface area contributed by atoms with E-state index in [0.717, 1.165) is 13.1 Å². The Kier molecular flexibility index (Phi) is 5.74. The molecule has 0 N–H and O–H groups in total. The average Bonchev–Trinajstić information content (AvgIpc) is 3.09. The predicted molar refractivity (Wildman–Crippen MR) is 91.3 cm³/mol. The fraction of sp³-hybridized carbons (Fsp3) is 0.263. The first-order valence-electron chi connectivity index (χ1n) is 8.19. The Balaban J connectivity index is 1.54. The highest BCUT2D eigenvalue weighted by molar-refractivity contribution is 5.22. The smallest absolute Gasteiger partial charge is 0.240 e. The van der Waals surface area contributed by atoms with E-state index in [1.165, 1.54) is 17.7 Å². The molecule has 0 aliphatic heterocycles. The fourth-order valence-electron chi connectivity index (χ4n) is 2.40. The van der Waals surface area contributed by atoms with Gasteiger partial charge in [-0.2, -0.15) is 4.98 Å². The third kappa shape index (κ3) is 5.12. The van der Waals surface area contributed by atoms with Gasteiger partial charge in [0.15, 0.2) is 6.61 Å². The lowest BCUT2D eigenvalue weighted by atomic mass is 10.2. The molecule has 25 heavy (non-hydrogen) atoms. The van der Waals surface area contributed by atoms with Crippen LogP contribution in [0.1, 0.15) is 24.2 Å². The van der Waals surface area contributed by atoms with Crippen LogP contribution in [0.2, 0.25) is 0 Å². The molecule has 5 nitrogen and oxygen atoms in total. The van der Waals surface area contributed by atoms with E-state index in [0.29, 0.717) is 24.0 Å². The summed E-state index contributed by atoms with van der Waals surface area (Å²) >= 11 is 0. The SMILES string of the molecule is CCN(Cc1ccccc1)Cc1nc(COc2ccc(F)cc2)no1. The summed E-state index contributed by atoms with van der Waals surface area (Å²) in [4.78, 5) is 6.57. The van der Waals surface area contributed by atoms with E-state index in [4.69, 9.17) is 9.26 Å². The lowest BCUT2D eigenvalue weighted by Gasteiger charge is -2.18. The van der Waals surface area contributed by atoms with Gasteiger partial charge in [-0.25, -0.2) is 4.39 Å². The van der Waals surface area contributed by atoms with Gasteiger partial charge in [-0.15, -0.1) is 0 Å². The minimum atomic E-state index is -0.299. The van der Waals surface area contributed by atoms with E-state index in [1.807, 2.05) is 18.2 Å². The lowest BCUT2D eigenvalue weighted by molar-refractivity contribution is 0.227. The van der Waals surface area contributed by atoms with Crippen LogP contribution in [-0.4, -0.2) is 21.6 Å². The predicted octanol–water partition coefficient (Wildman–Crippen LogP) is 3.81. The molecule has 1 aromatic heterocycles. The van der Waals surface area contributed by atoms with Gasteiger partial charge >= 0.3 is 0 Å². The summed E-state index contributed by atoms with van der Waals surface area (Å²) in [6.07, 6.45) is 0. The Hall–Kier alpha value is -2.73. The highest BCUT2D eigenvalue weighted by Crippen LogP contribution is 2.13. The first-order chi connectivity index (χ1) is 12.2. The maximum absolute atomic E-state index is 12.9. The van der Waals surface area contributed by atoms with Crippen molar-refractivity contribution in [2.45, 2.75) is 26.6 Å². The zero-order chi connectivity index (χ0) is 17.5. The van der Waals surface area contributed by atoms with E-state index in [2.05, 4.69) is 34.1 Å². The molecule has 0 unspecified atom stereocenters. The summed E-state index contributed by atoms with van der Waals surface area (Å²) < 4.78 is 23.7. The molecule has 2 aromatic carbocycles. The molecule has 0 spiro atoms. The molecule has 0 saturated carbocycles. The molecule has 1 heterocycles. The second kappa shape index (κ2) is 8.39. The van der Waals surface area contributed by atoms with Crippen molar-refractivity contribution in [1.29, 1.82) is 0 Å². The van der Waals surface area contributed by atoms with Crippen molar-refractivity contribution < 1.29 is 13.7 Å². The summed E-state index contributed by atoms with van der Waals surface area (Å²) in [6, 6.07) is 16.1. The number of benzene rings is 2. The largest absolute Gasteiger partial charge is 0.485 e. The summed E-state index contributed by atoms with van der Waals surface area (Å²) in [5.41, 5.74) is 1.24. The Morgan fingerprint density at radius 3 is 2.52 bits per heavy atom. The molecular weight excluding hydrogens is 321 g/mol. The first kappa shape index (κ1) is 17.1. The fourth-order valence-corrected chi connectivity index (χ4v) is 2.40. The van der Waals surface area contributed by atoms with E-state index in [9.17, 15) is 4.39 Å². The Morgan fingerprint density at radius 1 is 1.04 bits per heavy atom. The molecule has 0 fully saturated rings. The molecule has 0 bridgehead atoms. The van der Waals surface area contributed by atoms with Crippen LogP contribution in [0.15, 0.2) is 59.1 Å². The van der Waals surface area contributed by atoms with Gasteiger partial charge in [0.2, 0.25) is 11.7 Å². The van der Waals surface area contributed by atoms with Crippen molar-refractivity contribution in [3.05, 3.63) is 77.7 Å². The molecule has 3 aromatic rings. The van der Waals surface area contributed by atoms with E-state index in [1.54, 1.807) is 12.1 Å². The van der Waals surface area contributed by atoms with Crippen LogP contribution in [-0.2, 0) is 19.7 Å². The molecule has 0 atom stereocenters. The monoisotopic (exact) mass is 341 g/mol. The van der Waals surface area contributed by atoms with Gasteiger partial charge in [0.05, 0.1) is 6.54 Å². The van der Waals surface area contributed by atoms with Gasteiger partial charge in [-0.05, 0) is 36.4 Å². The van der Waals surface area contributed by atoms with E-state index >= 15 is 0 Å². The van der Waals surface area contributed by atoms with Gasteiger partial charge in [0, 0.05) is 6.54 Å². The van der Waals surface area contributed by atoms with Crippen molar-refractivity contribution in [2.75, 3.05) is 6.54 Å². The van der Waals surface area contributed by atoms with Gasteiger partial charge in [0.1, 0.15) is 11.6 Å². The third-order valence-electron chi connectivity index (χ3n) is 3.75. The number of halogens is 1. The highest BCUT2D eigenvalue weighted by atomic mass is 19.1. The topological polar surface area (TPSA) is 51.4 Å². The van der Waals surface area contributed by atoms with Crippen molar-refractivity contribution >= 4 is 0 Å². The molecule has 3 rings (SSSR count). The summed E-state index contributed by atoms with van der Waals surface area (Å²) in [5, 5.41) is 3.93. The second-order valence-corrected chi connectivity index (χ2v) is 5.64. The first-order valence-corrected chi connectivity index (χ1v) is 8.19. The van der Waals surface area contributed by atoms with Crippen molar-refractivity contribution in [3.8, 4) is 5.75 Å². The van der Waals surface area contributed by atoms with Gasteiger partial charge in [-0.1, -0.05) is 42.4 Å². The minimum absolute atomic E-state index is 0.180. The normalized spacial score (nSPS) is 11.0. The number of ether oxygens (including phenoxy) is 1. The van der Waals surface area contributed by atoms with Crippen LogP contribution in [0.25, 0.3) is 0 Å². The maximum Gasteiger partial charge on any atom is 0.240 e. The Morgan fingerprint density at radius 2 is 1.80 bits per heavy atom. The third-order valence-corrected chi connectivity index (χ3v) is 3.75. The molecule has 0 saturated heterocycles. The average molecular weight is 341 g/mol. The van der Waals surface area contributed by atoms with E-state index in [-0.39, 0.29) is 12.4 Å². The number of nitrogens with zero attached hydrogens (tertiary/aromatic N) is 3. The van der Waals surface area contributed by atoms with Crippen LogP contribution < -0.4 is 4.74 Å². The maximum atomic E-state index is 12.9. The quantitative estimate of drug-likeness (QED) is 0.623. The van der Waals surface area contributed by atoms with Gasteiger partial charge in [-0.3, -0.25) is 4.90 Å². The van der Waals surface area contributed by atoms with E-state index < -0.39 is 0 Å². The Bertz CT molecular complexity index is 775. The molecule has 0 aliphatic carbocycles. The summed E-state index contributed by atoms with van der Waals surface area (Å²) in [7, 11) is 0. The van der Waals surface area contributed by atoms with Crippen molar-refractivity contribution in [2.24, 2.45) is 0 Å². The molecule has 0 radical (unpaired) electrons. The van der Waals surface area contributed by atoms with Crippen molar-refractivity contribution in [1.82, 2.24) is 15.0 Å². The summed E-state index contributed by atoms with van der Waals surface area (Å²) in [6.45, 7) is 4.55. The lowest BCUT2D eigenvalue weighted by Crippen LogP contribution is -2.22. The van der Waals surface area contributed by atoms with Crippen LogP contribution >= 0.6 is 0 Å². The van der Waals surface area contributed by atoms with Gasteiger partial charge < -0.3 is 9.26 Å². The molecule has 0 aliphatic rings. The zero-order valence-corrected chi connectivity index (χ0v) is 14.1.